The fraction of sp³-hybridized carbons (Fsp3) is 0.100. The molecular weight excluding hydrogens is 346 g/mol. The van der Waals surface area contributed by atoms with Gasteiger partial charge in [0.15, 0.2) is 0 Å². The van der Waals surface area contributed by atoms with Crippen molar-refractivity contribution in [2.24, 2.45) is 5.73 Å². The van der Waals surface area contributed by atoms with E-state index in [2.05, 4.69) is 10.6 Å². The lowest BCUT2D eigenvalue weighted by atomic mass is 10.1. The van der Waals surface area contributed by atoms with E-state index in [1.807, 2.05) is 47.8 Å². The van der Waals surface area contributed by atoms with Gasteiger partial charge in [-0.15, -0.1) is 11.3 Å². The normalized spacial score (nSPS) is 11.5. The number of benzene rings is 2. The van der Waals surface area contributed by atoms with Crippen LogP contribution >= 0.6 is 11.3 Å². The molecule has 4 N–H and O–H groups in total. The highest BCUT2D eigenvalue weighted by Gasteiger charge is 2.18. The molecule has 0 spiro atoms. The Morgan fingerprint density at radius 1 is 0.962 bits per heavy atom. The summed E-state index contributed by atoms with van der Waals surface area (Å²) in [4.78, 5) is 25.0. The molecule has 3 aromatic rings. The summed E-state index contributed by atoms with van der Waals surface area (Å²) < 4.78 is 0. The van der Waals surface area contributed by atoms with Crippen LogP contribution in [0, 0.1) is 0 Å². The smallest absolute Gasteiger partial charge is 0.250 e. The van der Waals surface area contributed by atoms with E-state index in [9.17, 15) is 9.59 Å². The third-order valence-corrected chi connectivity index (χ3v) is 4.84. The van der Waals surface area contributed by atoms with E-state index in [-0.39, 0.29) is 18.5 Å². The van der Waals surface area contributed by atoms with E-state index in [0.717, 1.165) is 10.4 Å². The topological polar surface area (TPSA) is 84.2 Å². The SMILES string of the molecule is NC(=O)c1ccccc1NCC(=O)N[C@H](c1ccccc1)c1cccs1. The van der Waals surface area contributed by atoms with Gasteiger partial charge in [-0.2, -0.15) is 0 Å². The number of thiophene rings is 1. The van der Waals surface area contributed by atoms with Crippen LogP contribution in [0.3, 0.4) is 0 Å². The maximum absolute atomic E-state index is 12.5. The second-order valence-electron chi connectivity index (χ2n) is 5.69. The van der Waals surface area contributed by atoms with Gasteiger partial charge in [-0.1, -0.05) is 48.5 Å². The molecule has 5 nitrogen and oxygen atoms in total. The Kier molecular flexibility index (Phi) is 5.66. The molecular formula is C20H19N3O2S. The zero-order chi connectivity index (χ0) is 18.4. The molecule has 0 saturated carbocycles. The number of para-hydroxylation sites is 1. The Morgan fingerprint density at radius 2 is 1.69 bits per heavy atom. The minimum Gasteiger partial charge on any atom is -0.376 e. The number of rotatable bonds is 7. The van der Waals surface area contributed by atoms with Crippen LogP contribution in [0.1, 0.15) is 26.8 Å². The summed E-state index contributed by atoms with van der Waals surface area (Å²) in [5.74, 6) is -0.708. The molecule has 1 atom stereocenters. The Bertz CT molecular complexity index is 879. The van der Waals surface area contributed by atoms with Gasteiger partial charge in [0.2, 0.25) is 5.91 Å². The first-order chi connectivity index (χ1) is 12.6. The molecule has 2 aromatic carbocycles. The monoisotopic (exact) mass is 365 g/mol. The molecule has 0 unspecified atom stereocenters. The van der Waals surface area contributed by atoms with Gasteiger partial charge in [-0.25, -0.2) is 0 Å². The van der Waals surface area contributed by atoms with E-state index in [1.165, 1.54) is 0 Å². The van der Waals surface area contributed by atoms with Crippen molar-refractivity contribution in [1.82, 2.24) is 5.32 Å². The lowest BCUT2D eigenvalue weighted by Gasteiger charge is -2.19. The van der Waals surface area contributed by atoms with Crippen LogP contribution in [0.4, 0.5) is 5.69 Å². The predicted octanol–water partition coefficient (Wildman–Crippen LogP) is 3.16. The van der Waals surface area contributed by atoms with Gasteiger partial charge in [0.25, 0.3) is 5.91 Å². The Morgan fingerprint density at radius 3 is 2.38 bits per heavy atom. The molecule has 1 aromatic heterocycles. The van der Waals surface area contributed by atoms with Crippen molar-refractivity contribution >= 4 is 28.8 Å². The summed E-state index contributed by atoms with van der Waals surface area (Å²) >= 11 is 1.59. The second-order valence-corrected chi connectivity index (χ2v) is 6.67. The lowest BCUT2D eigenvalue weighted by molar-refractivity contribution is -0.119. The molecule has 0 bridgehead atoms. The molecule has 0 fully saturated rings. The molecule has 0 aliphatic rings. The maximum atomic E-state index is 12.5. The number of hydrogen-bond donors (Lipinski definition) is 3. The second kappa shape index (κ2) is 8.31. The molecule has 0 saturated heterocycles. The molecule has 3 rings (SSSR count). The van der Waals surface area contributed by atoms with Crippen molar-refractivity contribution in [3.63, 3.8) is 0 Å². The predicted molar refractivity (Wildman–Crippen MR) is 104 cm³/mol. The van der Waals surface area contributed by atoms with Gasteiger partial charge in [-0.05, 0) is 29.1 Å². The number of nitrogens with one attached hydrogen (secondary N) is 2. The minimum absolute atomic E-state index is 0.0407. The van der Waals surface area contributed by atoms with Gasteiger partial charge in [0.05, 0.1) is 18.2 Å². The van der Waals surface area contributed by atoms with Crippen molar-refractivity contribution in [1.29, 1.82) is 0 Å². The van der Waals surface area contributed by atoms with Crippen LogP contribution in [-0.2, 0) is 4.79 Å². The van der Waals surface area contributed by atoms with E-state index >= 15 is 0 Å². The first-order valence-corrected chi connectivity index (χ1v) is 9.03. The van der Waals surface area contributed by atoms with Gasteiger partial charge >= 0.3 is 0 Å². The van der Waals surface area contributed by atoms with E-state index in [1.54, 1.807) is 35.6 Å². The average molecular weight is 365 g/mol. The molecule has 2 amide bonds. The van der Waals surface area contributed by atoms with E-state index in [4.69, 9.17) is 5.73 Å². The largest absolute Gasteiger partial charge is 0.376 e. The summed E-state index contributed by atoms with van der Waals surface area (Å²) in [6.07, 6.45) is 0. The Labute approximate surface area is 155 Å². The Hall–Kier alpha value is -3.12. The number of nitrogens with two attached hydrogens (primary N) is 1. The number of primary amides is 1. The molecule has 0 radical (unpaired) electrons. The first kappa shape index (κ1) is 17.7. The van der Waals surface area contributed by atoms with Gasteiger partial charge < -0.3 is 16.4 Å². The number of hydrogen-bond acceptors (Lipinski definition) is 4. The third kappa shape index (κ3) is 4.29. The fourth-order valence-electron chi connectivity index (χ4n) is 2.66. The van der Waals surface area contributed by atoms with Crippen molar-refractivity contribution in [3.8, 4) is 0 Å². The highest BCUT2D eigenvalue weighted by molar-refractivity contribution is 7.10. The summed E-state index contributed by atoms with van der Waals surface area (Å²) in [6, 6.07) is 20.4. The number of anilines is 1. The maximum Gasteiger partial charge on any atom is 0.250 e. The van der Waals surface area contributed by atoms with Gasteiger partial charge in [-0.3, -0.25) is 9.59 Å². The quantitative estimate of drug-likeness (QED) is 0.601. The van der Waals surface area contributed by atoms with Crippen molar-refractivity contribution in [3.05, 3.63) is 88.1 Å². The fourth-order valence-corrected chi connectivity index (χ4v) is 3.46. The highest BCUT2D eigenvalue weighted by atomic mass is 32.1. The van der Waals surface area contributed by atoms with Gasteiger partial charge in [0.1, 0.15) is 0 Å². The van der Waals surface area contributed by atoms with Crippen molar-refractivity contribution in [2.75, 3.05) is 11.9 Å². The van der Waals surface area contributed by atoms with Crippen LogP contribution in [-0.4, -0.2) is 18.4 Å². The molecule has 6 heteroatoms. The zero-order valence-corrected chi connectivity index (χ0v) is 14.8. The average Bonchev–Trinajstić information content (AvgIpc) is 3.19. The Balaban J connectivity index is 1.71. The highest BCUT2D eigenvalue weighted by Crippen LogP contribution is 2.25. The number of amides is 2. The molecule has 0 aliphatic carbocycles. The zero-order valence-electron chi connectivity index (χ0n) is 14.0. The van der Waals surface area contributed by atoms with Crippen LogP contribution < -0.4 is 16.4 Å². The third-order valence-electron chi connectivity index (χ3n) is 3.90. The molecule has 0 aliphatic heterocycles. The standard InChI is InChI=1S/C20H19N3O2S/c21-20(25)15-9-4-5-10-16(15)22-13-18(24)23-19(17-11-6-12-26-17)14-7-2-1-3-8-14/h1-12,19,22H,13H2,(H2,21,25)(H,23,24)/t19-/m1/s1. The molecule has 1 heterocycles. The van der Waals surface area contributed by atoms with Gasteiger partial charge in [0, 0.05) is 10.6 Å². The molecule has 132 valence electrons. The number of carbonyl (C=O) groups is 2. The van der Waals surface area contributed by atoms with E-state index in [0.29, 0.717) is 11.3 Å². The number of carbonyl (C=O) groups excluding carboxylic acids is 2. The summed E-state index contributed by atoms with van der Waals surface area (Å²) in [6.45, 7) is 0.0407. The summed E-state index contributed by atoms with van der Waals surface area (Å²) in [5.41, 5.74) is 7.28. The van der Waals surface area contributed by atoms with Crippen LogP contribution in [0.15, 0.2) is 72.1 Å². The summed E-state index contributed by atoms with van der Waals surface area (Å²) in [5, 5.41) is 8.02. The van der Waals surface area contributed by atoms with Crippen LogP contribution in [0.5, 0.6) is 0 Å². The van der Waals surface area contributed by atoms with Crippen molar-refractivity contribution < 1.29 is 9.59 Å². The molecule has 26 heavy (non-hydrogen) atoms. The lowest BCUT2D eigenvalue weighted by Crippen LogP contribution is -2.33. The van der Waals surface area contributed by atoms with Crippen molar-refractivity contribution in [2.45, 2.75) is 6.04 Å². The minimum atomic E-state index is -0.533. The van der Waals surface area contributed by atoms with Crippen LogP contribution in [0.2, 0.25) is 0 Å². The van der Waals surface area contributed by atoms with Crippen LogP contribution in [0.25, 0.3) is 0 Å². The summed E-state index contributed by atoms with van der Waals surface area (Å²) in [7, 11) is 0. The first-order valence-electron chi connectivity index (χ1n) is 8.15. The van der Waals surface area contributed by atoms with E-state index < -0.39 is 5.91 Å².